The number of oxazole rings is 1. The zero-order valence-corrected chi connectivity index (χ0v) is 18.4. The fourth-order valence-electron chi connectivity index (χ4n) is 4.08. The molecule has 0 atom stereocenters. The van der Waals surface area contributed by atoms with Crippen LogP contribution in [0, 0.1) is 0 Å². The highest BCUT2D eigenvalue weighted by molar-refractivity contribution is 7.15. The molecule has 0 aliphatic carbocycles. The zero-order chi connectivity index (χ0) is 21.9. The van der Waals surface area contributed by atoms with Crippen molar-refractivity contribution in [2.75, 3.05) is 11.9 Å². The molecule has 0 radical (unpaired) electrons. The molecule has 0 saturated heterocycles. The number of hydrogen-bond acceptors (Lipinski definition) is 6. The third-order valence-corrected chi connectivity index (χ3v) is 6.66. The maximum atomic E-state index is 12.4. The van der Waals surface area contributed by atoms with Crippen molar-refractivity contribution in [3.05, 3.63) is 81.3 Å². The lowest BCUT2D eigenvalue weighted by Crippen LogP contribution is -2.29. The summed E-state index contributed by atoms with van der Waals surface area (Å²) in [5.41, 5.74) is 3.71. The van der Waals surface area contributed by atoms with Crippen LogP contribution in [0.5, 0.6) is 0 Å². The van der Waals surface area contributed by atoms with Crippen molar-refractivity contribution in [1.82, 2.24) is 14.5 Å². The van der Waals surface area contributed by atoms with Crippen LogP contribution in [0.3, 0.4) is 0 Å². The maximum absolute atomic E-state index is 12.4. The molecule has 8 heteroatoms. The van der Waals surface area contributed by atoms with Crippen molar-refractivity contribution in [3.8, 4) is 0 Å². The summed E-state index contributed by atoms with van der Waals surface area (Å²) >= 11 is 1.56. The molecule has 1 amide bonds. The summed E-state index contributed by atoms with van der Waals surface area (Å²) in [4.78, 5) is 32.8. The normalized spacial score (nSPS) is 13.9. The van der Waals surface area contributed by atoms with E-state index in [4.69, 9.17) is 4.42 Å². The Kier molecular flexibility index (Phi) is 5.87. The van der Waals surface area contributed by atoms with Gasteiger partial charge in [0, 0.05) is 43.9 Å². The third kappa shape index (κ3) is 4.51. The van der Waals surface area contributed by atoms with Gasteiger partial charge in [-0.05, 0) is 24.1 Å². The lowest BCUT2D eigenvalue weighted by atomic mass is 10.1. The van der Waals surface area contributed by atoms with E-state index in [0.717, 1.165) is 37.3 Å². The topological polar surface area (TPSA) is 80.4 Å². The average molecular weight is 449 g/mol. The van der Waals surface area contributed by atoms with E-state index in [9.17, 15) is 9.59 Å². The van der Waals surface area contributed by atoms with Gasteiger partial charge in [-0.1, -0.05) is 42.5 Å². The molecule has 3 heterocycles. The summed E-state index contributed by atoms with van der Waals surface area (Å²) in [6, 6.07) is 17.8. The third-order valence-electron chi connectivity index (χ3n) is 5.66. The van der Waals surface area contributed by atoms with E-state index in [0.29, 0.717) is 30.1 Å². The molecule has 4 aromatic rings. The summed E-state index contributed by atoms with van der Waals surface area (Å²) in [7, 11) is 0. The van der Waals surface area contributed by atoms with Gasteiger partial charge in [0.2, 0.25) is 5.91 Å². The Balaban J connectivity index is 1.15. The number of aromatic nitrogens is 2. The minimum Gasteiger partial charge on any atom is -0.408 e. The number of rotatable bonds is 7. The number of fused-ring (bicyclic) bond motifs is 2. The summed E-state index contributed by atoms with van der Waals surface area (Å²) in [6.07, 6.45) is 1.76. The van der Waals surface area contributed by atoms with Crippen LogP contribution in [-0.2, 0) is 30.8 Å². The fourth-order valence-corrected chi connectivity index (χ4v) is 5.15. The Hall–Kier alpha value is -3.23. The van der Waals surface area contributed by atoms with Crippen molar-refractivity contribution in [3.63, 3.8) is 0 Å². The SMILES string of the molecule is O=C(CCCn1c(=O)oc2ccccc21)Nc1nc2c(s1)CN(Cc1ccccc1)CC2. The molecule has 32 heavy (non-hydrogen) atoms. The van der Waals surface area contributed by atoms with Gasteiger partial charge < -0.3 is 9.73 Å². The Labute approximate surface area is 189 Å². The molecule has 7 nitrogen and oxygen atoms in total. The number of thiazole rings is 1. The molecule has 1 N–H and O–H groups in total. The van der Waals surface area contributed by atoms with Gasteiger partial charge in [-0.25, -0.2) is 9.78 Å². The molecule has 164 valence electrons. The van der Waals surface area contributed by atoms with Gasteiger partial charge in [0.1, 0.15) is 0 Å². The van der Waals surface area contributed by atoms with E-state index in [-0.39, 0.29) is 11.7 Å². The van der Waals surface area contributed by atoms with Crippen LogP contribution < -0.4 is 11.1 Å². The highest BCUT2D eigenvalue weighted by Gasteiger charge is 2.21. The first-order valence-electron chi connectivity index (χ1n) is 10.8. The molecule has 0 spiro atoms. The number of para-hydroxylation sites is 2. The Morgan fingerprint density at radius 1 is 1.12 bits per heavy atom. The number of amides is 1. The van der Waals surface area contributed by atoms with E-state index in [1.807, 2.05) is 24.3 Å². The minimum absolute atomic E-state index is 0.0851. The van der Waals surface area contributed by atoms with Crippen LogP contribution in [0.25, 0.3) is 11.1 Å². The Morgan fingerprint density at radius 2 is 1.94 bits per heavy atom. The van der Waals surface area contributed by atoms with Gasteiger partial charge >= 0.3 is 5.76 Å². The van der Waals surface area contributed by atoms with Crippen molar-refractivity contribution in [1.29, 1.82) is 0 Å². The van der Waals surface area contributed by atoms with Gasteiger partial charge in [-0.15, -0.1) is 11.3 Å². The van der Waals surface area contributed by atoms with Crippen molar-refractivity contribution in [2.45, 2.75) is 38.9 Å². The maximum Gasteiger partial charge on any atom is 0.419 e. The molecule has 2 aromatic carbocycles. The van der Waals surface area contributed by atoms with Gasteiger partial charge in [-0.3, -0.25) is 14.3 Å². The number of carbonyl (C=O) groups is 1. The van der Waals surface area contributed by atoms with Gasteiger partial charge in [-0.2, -0.15) is 0 Å². The highest BCUT2D eigenvalue weighted by Crippen LogP contribution is 2.29. The van der Waals surface area contributed by atoms with E-state index in [1.54, 1.807) is 22.0 Å². The number of benzene rings is 2. The van der Waals surface area contributed by atoms with Crippen LogP contribution in [0.1, 0.15) is 29.0 Å². The smallest absolute Gasteiger partial charge is 0.408 e. The number of hydrogen-bond donors (Lipinski definition) is 1. The van der Waals surface area contributed by atoms with Crippen LogP contribution in [-0.4, -0.2) is 26.9 Å². The van der Waals surface area contributed by atoms with Crippen LogP contribution in [0.2, 0.25) is 0 Å². The molecular formula is C24H24N4O3S. The molecular weight excluding hydrogens is 424 g/mol. The first kappa shape index (κ1) is 20.7. The first-order chi connectivity index (χ1) is 15.7. The number of aryl methyl sites for hydroxylation is 1. The predicted octanol–water partition coefficient (Wildman–Crippen LogP) is 4.03. The molecule has 0 unspecified atom stereocenters. The Morgan fingerprint density at radius 3 is 2.81 bits per heavy atom. The molecule has 0 bridgehead atoms. The standard InChI is InChI=1S/C24H24N4O3S/c29-22(11-6-13-28-19-9-4-5-10-20(19)31-24(28)30)26-23-25-18-12-14-27(16-21(18)32-23)15-17-7-2-1-3-8-17/h1-5,7-10H,6,11-16H2,(H,25,26,29). The molecule has 5 rings (SSSR count). The number of carbonyl (C=O) groups excluding carboxylic acids is 1. The minimum atomic E-state index is -0.390. The second kappa shape index (κ2) is 9.10. The highest BCUT2D eigenvalue weighted by atomic mass is 32.1. The monoisotopic (exact) mass is 448 g/mol. The van der Waals surface area contributed by atoms with Crippen molar-refractivity contribution < 1.29 is 9.21 Å². The van der Waals surface area contributed by atoms with Crippen LogP contribution >= 0.6 is 11.3 Å². The van der Waals surface area contributed by atoms with Crippen LogP contribution in [0.15, 0.2) is 63.8 Å². The van der Waals surface area contributed by atoms with Gasteiger partial charge in [0.15, 0.2) is 10.7 Å². The Bertz CT molecular complexity index is 1290. The zero-order valence-electron chi connectivity index (χ0n) is 17.6. The van der Waals surface area contributed by atoms with E-state index in [2.05, 4.69) is 39.5 Å². The number of anilines is 1. The fraction of sp³-hybridized carbons (Fsp3) is 0.292. The lowest BCUT2D eigenvalue weighted by Gasteiger charge is -2.25. The predicted molar refractivity (Wildman–Crippen MR) is 125 cm³/mol. The van der Waals surface area contributed by atoms with Crippen LogP contribution in [0.4, 0.5) is 5.13 Å². The first-order valence-corrected chi connectivity index (χ1v) is 11.6. The largest absolute Gasteiger partial charge is 0.419 e. The second-order valence-corrected chi connectivity index (χ2v) is 9.06. The molecule has 0 fully saturated rings. The quantitative estimate of drug-likeness (QED) is 0.462. The van der Waals surface area contributed by atoms with Crippen molar-refractivity contribution in [2.24, 2.45) is 0 Å². The molecule has 1 aliphatic rings. The van der Waals surface area contributed by atoms with Crippen molar-refractivity contribution >= 4 is 33.5 Å². The summed E-state index contributed by atoms with van der Waals surface area (Å²) in [6.45, 7) is 3.18. The molecule has 0 saturated carbocycles. The number of nitrogens with one attached hydrogen (secondary N) is 1. The second-order valence-electron chi connectivity index (χ2n) is 7.97. The molecule has 2 aromatic heterocycles. The summed E-state index contributed by atoms with van der Waals surface area (Å²) < 4.78 is 6.81. The van der Waals surface area contributed by atoms with Gasteiger partial charge in [0.05, 0.1) is 11.2 Å². The summed E-state index contributed by atoms with van der Waals surface area (Å²) in [5.74, 6) is -0.475. The van der Waals surface area contributed by atoms with E-state index < -0.39 is 0 Å². The van der Waals surface area contributed by atoms with E-state index in [1.165, 1.54) is 10.4 Å². The van der Waals surface area contributed by atoms with Gasteiger partial charge in [0.25, 0.3) is 0 Å². The van der Waals surface area contributed by atoms with E-state index >= 15 is 0 Å². The lowest BCUT2D eigenvalue weighted by molar-refractivity contribution is -0.116. The average Bonchev–Trinajstić information content (AvgIpc) is 3.33. The molecule has 1 aliphatic heterocycles. The number of nitrogens with zero attached hydrogens (tertiary/aromatic N) is 3. The summed E-state index contributed by atoms with van der Waals surface area (Å²) in [5, 5.41) is 3.59.